The molecule has 1 fully saturated rings. The Morgan fingerprint density at radius 3 is 2.40 bits per heavy atom. The van der Waals surface area contributed by atoms with Crippen LogP contribution in [-0.2, 0) is 0 Å². The fraction of sp³-hybridized carbons (Fsp3) is 0.900. The molecule has 0 aromatic rings. The van der Waals surface area contributed by atoms with E-state index in [2.05, 4.69) is 39.8 Å². The summed E-state index contributed by atoms with van der Waals surface area (Å²) in [5.74, 6) is 3.59. The molecule has 0 aliphatic heterocycles. The average molecular weight is 279 g/mol. The van der Waals surface area contributed by atoms with E-state index in [1.54, 1.807) is 0 Å². The molecule has 0 heteroatoms. The zero-order chi connectivity index (χ0) is 14.8. The summed E-state index contributed by atoms with van der Waals surface area (Å²) in [6.45, 7) is 9.55. The van der Waals surface area contributed by atoms with Gasteiger partial charge in [-0.2, -0.15) is 0 Å². The van der Waals surface area contributed by atoms with Crippen molar-refractivity contribution in [2.75, 3.05) is 0 Å². The third kappa shape index (κ3) is 6.95. The molecule has 1 aliphatic rings. The highest BCUT2D eigenvalue weighted by atomic mass is 14.3. The second kappa shape index (κ2) is 10.5. The van der Waals surface area contributed by atoms with Gasteiger partial charge in [0.1, 0.15) is 0 Å². The van der Waals surface area contributed by atoms with Crippen molar-refractivity contribution < 1.29 is 0 Å². The highest BCUT2D eigenvalue weighted by molar-refractivity contribution is 4.95. The Hall–Kier alpha value is -0.260. The van der Waals surface area contributed by atoms with Gasteiger partial charge in [0.15, 0.2) is 0 Å². The second-order valence-corrected chi connectivity index (χ2v) is 7.47. The van der Waals surface area contributed by atoms with Gasteiger partial charge < -0.3 is 0 Å². The average Bonchev–Trinajstić information content (AvgIpc) is 2.41. The van der Waals surface area contributed by atoms with Crippen molar-refractivity contribution in [2.45, 2.75) is 91.9 Å². The molecule has 3 atom stereocenters. The van der Waals surface area contributed by atoms with Gasteiger partial charge in [-0.05, 0) is 49.4 Å². The summed E-state index contributed by atoms with van der Waals surface area (Å²) >= 11 is 0. The minimum absolute atomic E-state index is 0.853. The fourth-order valence-electron chi connectivity index (χ4n) is 3.81. The Labute approximate surface area is 128 Å². The van der Waals surface area contributed by atoms with Crippen LogP contribution in [0.25, 0.3) is 0 Å². The van der Waals surface area contributed by atoms with Crippen molar-refractivity contribution in [3.05, 3.63) is 12.2 Å². The van der Waals surface area contributed by atoms with Crippen LogP contribution in [0.4, 0.5) is 0 Å². The van der Waals surface area contributed by atoms with Crippen LogP contribution in [0.1, 0.15) is 91.9 Å². The van der Waals surface area contributed by atoms with Crippen molar-refractivity contribution in [3.63, 3.8) is 0 Å². The maximum atomic E-state index is 2.58. The molecule has 0 bridgehead atoms. The van der Waals surface area contributed by atoms with Gasteiger partial charge in [-0.15, -0.1) is 0 Å². The fourth-order valence-corrected chi connectivity index (χ4v) is 3.81. The molecule has 1 saturated carbocycles. The van der Waals surface area contributed by atoms with Crippen LogP contribution in [0.5, 0.6) is 0 Å². The van der Waals surface area contributed by atoms with Crippen LogP contribution in [-0.4, -0.2) is 0 Å². The SMILES string of the molecule is CCCCCCCCC=CC1CC(C)CCC1C(C)C. The number of allylic oxidation sites excluding steroid dienone is 2. The van der Waals surface area contributed by atoms with Gasteiger partial charge in [-0.25, -0.2) is 0 Å². The Morgan fingerprint density at radius 1 is 1.00 bits per heavy atom. The molecule has 0 heterocycles. The highest BCUT2D eigenvalue weighted by Gasteiger charge is 2.28. The van der Waals surface area contributed by atoms with Crippen molar-refractivity contribution in [2.24, 2.45) is 23.7 Å². The molecular weight excluding hydrogens is 240 g/mol. The third-order valence-electron chi connectivity index (χ3n) is 5.18. The number of hydrogen-bond donors (Lipinski definition) is 0. The molecule has 1 aliphatic carbocycles. The summed E-state index contributed by atoms with van der Waals surface area (Å²) in [5, 5.41) is 0. The maximum absolute atomic E-state index is 2.58. The Morgan fingerprint density at radius 2 is 1.70 bits per heavy atom. The lowest BCUT2D eigenvalue weighted by Gasteiger charge is -2.35. The highest BCUT2D eigenvalue weighted by Crippen LogP contribution is 2.38. The Balaban J connectivity index is 2.21. The minimum Gasteiger partial charge on any atom is -0.0882 e. The first-order chi connectivity index (χ1) is 9.65. The second-order valence-electron chi connectivity index (χ2n) is 7.47. The lowest BCUT2D eigenvalue weighted by molar-refractivity contribution is 0.178. The predicted molar refractivity (Wildman–Crippen MR) is 92.0 cm³/mol. The summed E-state index contributed by atoms with van der Waals surface area (Å²) in [6.07, 6.45) is 19.2. The van der Waals surface area contributed by atoms with Crippen LogP contribution in [0.15, 0.2) is 12.2 Å². The van der Waals surface area contributed by atoms with E-state index in [4.69, 9.17) is 0 Å². The van der Waals surface area contributed by atoms with E-state index in [0.29, 0.717) is 0 Å². The number of hydrogen-bond acceptors (Lipinski definition) is 0. The summed E-state index contributed by atoms with van der Waals surface area (Å²) in [4.78, 5) is 0. The molecule has 0 radical (unpaired) electrons. The molecule has 0 aromatic heterocycles. The lowest BCUT2D eigenvalue weighted by atomic mass is 9.70. The summed E-state index contributed by atoms with van der Waals surface area (Å²) < 4.78 is 0. The third-order valence-corrected chi connectivity index (χ3v) is 5.18. The van der Waals surface area contributed by atoms with E-state index in [0.717, 1.165) is 23.7 Å². The van der Waals surface area contributed by atoms with E-state index >= 15 is 0 Å². The van der Waals surface area contributed by atoms with Gasteiger partial charge in [0.2, 0.25) is 0 Å². The summed E-state index contributed by atoms with van der Waals surface area (Å²) in [6, 6.07) is 0. The summed E-state index contributed by atoms with van der Waals surface area (Å²) in [5.41, 5.74) is 0. The summed E-state index contributed by atoms with van der Waals surface area (Å²) in [7, 11) is 0. The Bertz CT molecular complexity index is 251. The standard InChI is InChI=1S/C20H38/c1-5-6-7-8-9-10-11-12-13-19-16-18(4)14-15-20(19)17(2)3/h12-13,17-20H,5-11,14-16H2,1-4H3. The minimum atomic E-state index is 0.853. The van der Waals surface area contributed by atoms with Crippen molar-refractivity contribution in [1.82, 2.24) is 0 Å². The molecular formula is C20H38. The molecule has 0 N–H and O–H groups in total. The van der Waals surface area contributed by atoms with Crippen LogP contribution >= 0.6 is 0 Å². The van der Waals surface area contributed by atoms with E-state index in [9.17, 15) is 0 Å². The van der Waals surface area contributed by atoms with Crippen LogP contribution in [0.3, 0.4) is 0 Å². The Kier molecular flexibility index (Phi) is 9.31. The molecule has 1 rings (SSSR count). The first kappa shape index (κ1) is 17.8. The predicted octanol–water partition coefficient (Wildman–Crippen LogP) is 7.00. The quantitative estimate of drug-likeness (QED) is 0.314. The zero-order valence-electron chi connectivity index (χ0n) is 14.5. The molecule has 0 spiro atoms. The van der Waals surface area contributed by atoms with Gasteiger partial charge in [-0.1, -0.05) is 78.4 Å². The maximum Gasteiger partial charge on any atom is -0.0200 e. The van der Waals surface area contributed by atoms with E-state index in [1.165, 1.54) is 64.2 Å². The van der Waals surface area contributed by atoms with E-state index in [-0.39, 0.29) is 0 Å². The van der Waals surface area contributed by atoms with Gasteiger partial charge >= 0.3 is 0 Å². The van der Waals surface area contributed by atoms with E-state index < -0.39 is 0 Å². The topological polar surface area (TPSA) is 0 Å². The molecule has 0 saturated heterocycles. The number of unbranched alkanes of at least 4 members (excludes halogenated alkanes) is 6. The first-order valence-electron chi connectivity index (χ1n) is 9.31. The van der Waals surface area contributed by atoms with Crippen molar-refractivity contribution in [1.29, 1.82) is 0 Å². The van der Waals surface area contributed by atoms with Crippen LogP contribution < -0.4 is 0 Å². The van der Waals surface area contributed by atoms with E-state index in [1.807, 2.05) is 0 Å². The van der Waals surface area contributed by atoms with Gasteiger partial charge in [0, 0.05) is 0 Å². The first-order valence-corrected chi connectivity index (χ1v) is 9.31. The molecule has 0 aromatic carbocycles. The van der Waals surface area contributed by atoms with Gasteiger partial charge in [0.05, 0.1) is 0 Å². The monoisotopic (exact) mass is 278 g/mol. The molecule has 20 heavy (non-hydrogen) atoms. The molecule has 118 valence electrons. The molecule has 0 amide bonds. The van der Waals surface area contributed by atoms with Crippen molar-refractivity contribution in [3.8, 4) is 0 Å². The molecule has 3 unspecified atom stereocenters. The van der Waals surface area contributed by atoms with Crippen molar-refractivity contribution >= 4 is 0 Å². The van der Waals surface area contributed by atoms with Crippen LogP contribution in [0, 0.1) is 23.7 Å². The van der Waals surface area contributed by atoms with Gasteiger partial charge in [0.25, 0.3) is 0 Å². The lowest BCUT2D eigenvalue weighted by Crippen LogP contribution is -2.26. The molecule has 0 nitrogen and oxygen atoms in total. The normalized spacial score (nSPS) is 27.6. The van der Waals surface area contributed by atoms with Crippen LogP contribution in [0.2, 0.25) is 0 Å². The largest absolute Gasteiger partial charge is 0.0882 e. The zero-order valence-corrected chi connectivity index (χ0v) is 14.5. The number of rotatable bonds is 9. The van der Waals surface area contributed by atoms with Gasteiger partial charge in [-0.3, -0.25) is 0 Å². The smallest absolute Gasteiger partial charge is 0.0200 e.